The highest BCUT2D eigenvalue weighted by molar-refractivity contribution is 7.92. The Bertz CT molecular complexity index is 615. The van der Waals surface area contributed by atoms with Crippen molar-refractivity contribution in [2.75, 3.05) is 16.3 Å². The molecule has 1 aliphatic carbocycles. The van der Waals surface area contributed by atoms with Crippen molar-refractivity contribution in [1.29, 1.82) is 0 Å². The number of hydrogen-bond acceptors (Lipinski definition) is 4. The van der Waals surface area contributed by atoms with E-state index >= 15 is 0 Å². The van der Waals surface area contributed by atoms with Crippen molar-refractivity contribution in [3.63, 3.8) is 0 Å². The Morgan fingerprint density at radius 3 is 2.67 bits per heavy atom. The Morgan fingerprint density at radius 2 is 2.00 bits per heavy atom. The van der Waals surface area contributed by atoms with E-state index in [9.17, 15) is 13.2 Å². The quantitative estimate of drug-likeness (QED) is 0.774. The summed E-state index contributed by atoms with van der Waals surface area (Å²) >= 11 is 0. The highest BCUT2D eigenvalue weighted by atomic mass is 32.2. The normalized spacial score (nSPS) is 22.5. The predicted molar refractivity (Wildman–Crippen MR) is 81.9 cm³/mol. The lowest BCUT2D eigenvalue weighted by Gasteiger charge is -2.28. The van der Waals surface area contributed by atoms with Gasteiger partial charge in [0.2, 0.25) is 10.0 Å². The third kappa shape index (κ3) is 4.93. The van der Waals surface area contributed by atoms with Gasteiger partial charge in [0.15, 0.2) is 0 Å². The fourth-order valence-corrected chi connectivity index (χ4v) is 3.22. The van der Waals surface area contributed by atoms with Gasteiger partial charge in [-0.1, -0.05) is 12.5 Å². The van der Waals surface area contributed by atoms with Gasteiger partial charge in [0, 0.05) is 11.7 Å². The molecule has 6 nitrogen and oxygen atoms in total. The van der Waals surface area contributed by atoms with E-state index in [0.717, 1.165) is 31.2 Å². The molecule has 2 atom stereocenters. The Kier molecular flexibility index (Phi) is 4.72. The number of sulfonamides is 1. The molecule has 2 unspecified atom stereocenters. The van der Waals surface area contributed by atoms with Gasteiger partial charge in [-0.15, -0.1) is 0 Å². The standard InChI is InChI=1S/C14H20N2O4S/c1-21(19,20)16-13-7-3-6-12(9-13)15-11-5-2-4-10(8-11)14(17)18/h3,6-7,9-11,15-16H,2,4-5,8H2,1H3,(H,17,18). The minimum atomic E-state index is -3.30. The minimum absolute atomic E-state index is 0.105. The zero-order chi connectivity index (χ0) is 15.5. The van der Waals surface area contributed by atoms with Crippen molar-refractivity contribution in [2.45, 2.75) is 31.7 Å². The molecule has 0 saturated heterocycles. The third-order valence-electron chi connectivity index (χ3n) is 3.56. The van der Waals surface area contributed by atoms with E-state index in [4.69, 9.17) is 5.11 Å². The second-order valence-corrected chi connectivity index (χ2v) is 7.25. The van der Waals surface area contributed by atoms with E-state index in [-0.39, 0.29) is 12.0 Å². The summed E-state index contributed by atoms with van der Waals surface area (Å²) in [5.74, 6) is -1.04. The van der Waals surface area contributed by atoms with E-state index < -0.39 is 16.0 Å². The fourth-order valence-electron chi connectivity index (χ4n) is 2.67. The number of anilines is 2. The largest absolute Gasteiger partial charge is 0.481 e. The van der Waals surface area contributed by atoms with Gasteiger partial charge >= 0.3 is 5.97 Å². The topological polar surface area (TPSA) is 95.5 Å². The summed E-state index contributed by atoms with van der Waals surface area (Å²) in [6.45, 7) is 0. The average Bonchev–Trinajstić information content (AvgIpc) is 2.37. The summed E-state index contributed by atoms with van der Waals surface area (Å²) in [4.78, 5) is 11.1. The van der Waals surface area contributed by atoms with Crippen molar-refractivity contribution < 1.29 is 18.3 Å². The lowest BCUT2D eigenvalue weighted by Crippen LogP contribution is -2.30. The van der Waals surface area contributed by atoms with E-state index in [1.54, 1.807) is 18.2 Å². The van der Waals surface area contributed by atoms with Gasteiger partial charge in [0.25, 0.3) is 0 Å². The van der Waals surface area contributed by atoms with Crippen LogP contribution in [-0.2, 0) is 14.8 Å². The molecule has 0 amide bonds. The third-order valence-corrected chi connectivity index (χ3v) is 4.17. The van der Waals surface area contributed by atoms with E-state index in [1.807, 2.05) is 6.07 Å². The zero-order valence-electron chi connectivity index (χ0n) is 11.9. The summed E-state index contributed by atoms with van der Waals surface area (Å²) in [6.07, 6.45) is 4.23. The molecule has 0 aromatic heterocycles. The van der Waals surface area contributed by atoms with E-state index in [2.05, 4.69) is 10.0 Å². The van der Waals surface area contributed by atoms with Crippen LogP contribution in [0.3, 0.4) is 0 Å². The minimum Gasteiger partial charge on any atom is -0.481 e. The molecule has 0 spiro atoms. The van der Waals surface area contributed by atoms with Crippen LogP contribution in [0.15, 0.2) is 24.3 Å². The van der Waals surface area contributed by atoms with Crippen molar-refractivity contribution in [1.82, 2.24) is 0 Å². The van der Waals surface area contributed by atoms with Gasteiger partial charge in [-0.2, -0.15) is 0 Å². The SMILES string of the molecule is CS(=O)(=O)Nc1cccc(NC2CCCC(C(=O)O)C2)c1. The van der Waals surface area contributed by atoms with Crippen LogP contribution in [0.2, 0.25) is 0 Å². The van der Waals surface area contributed by atoms with Gasteiger partial charge in [-0.05, 0) is 37.5 Å². The average molecular weight is 312 g/mol. The first-order valence-electron chi connectivity index (χ1n) is 6.91. The molecule has 1 aromatic rings. The highest BCUT2D eigenvalue weighted by Crippen LogP contribution is 2.27. The molecule has 116 valence electrons. The molecule has 0 bridgehead atoms. The van der Waals surface area contributed by atoms with Crippen molar-refractivity contribution in [3.05, 3.63) is 24.3 Å². The van der Waals surface area contributed by atoms with Crippen LogP contribution < -0.4 is 10.0 Å². The molecule has 1 saturated carbocycles. The number of hydrogen-bond donors (Lipinski definition) is 3. The summed E-state index contributed by atoms with van der Waals surface area (Å²) in [7, 11) is -3.30. The number of nitrogens with one attached hydrogen (secondary N) is 2. The number of rotatable bonds is 5. The van der Waals surface area contributed by atoms with Crippen LogP contribution in [0.25, 0.3) is 0 Å². The lowest BCUT2D eigenvalue weighted by atomic mass is 9.85. The first-order chi connectivity index (χ1) is 9.83. The second-order valence-electron chi connectivity index (χ2n) is 5.50. The molecule has 0 radical (unpaired) electrons. The van der Waals surface area contributed by atoms with Crippen molar-refractivity contribution in [3.8, 4) is 0 Å². The van der Waals surface area contributed by atoms with Gasteiger partial charge in [0.05, 0.1) is 17.9 Å². The number of benzene rings is 1. The number of carboxylic acid groups (broad SMARTS) is 1. The molecule has 0 heterocycles. The molecule has 1 aromatic carbocycles. The van der Waals surface area contributed by atoms with E-state index in [1.165, 1.54) is 0 Å². The predicted octanol–water partition coefficient (Wildman–Crippen LogP) is 2.11. The Morgan fingerprint density at radius 1 is 1.29 bits per heavy atom. The molecular weight excluding hydrogens is 292 g/mol. The molecule has 2 rings (SSSR count). The van der Waals surface area contributed by atoms with Crippen molar-refractivity contribution in [2.24, 2.45) is 5.92 Å². The van der Waals surface area contributed by atoms with Gasteiger partial charge < -0.3 is 10.4 Å². The van der Waals surface area contributed by atoms with Crippen LogP contribution in [0.4, 0.5) is 11.4 Å². The first kappa shape index (κ1) is 15.6. The summed E-state index contributed by atoms with van der Waals surface area (Å²) < 4.78 is 24.9. The molecule has 3 N–H and O–H groups in total. The number of carboxylic acids is 1. The summed E-state index contributed by atoms with van der Waals surface area (Å²) in [6, 6.07) is 7.09. The first-order valence-corrected chi connectivity index (χ1v) is 8.80. The van der Waals surface area contributed by atoms with Gasteiger partial charge in [-0.3, -0.25) is 9.52 Å². The molecular formula is C14H20N2O4S. The van der Waals surface area contributed by atoms with Crippen LogP contribution in [0, 0.1) is 5.92 Å². The number of carbonyl (C=O) groups is 1. The summed E-state index contributed by atoms with van der Waals surface area (Å²) in [5, 5.41) is 12.4. The van der Waals surface area contributed by atoms with Crippen LogP contribution >= 0.6 is 0 Å². The van der Waals surface area contributed by atoms with Gasteiger partial charge in [-0.25, -0.2) is 8.42 Å². The Balaban J connectivity index is 2.02. The zero-order valence-corrected chi connectivity index (χ0v) is 12.7. The maximum absolute atomic E-state index is 11.2. The van der Waals surface area contributed by atoms with Crippen LogP contribution in [0.1, 0.15) is 25.7 Å². The molecule has 1 fully saturated rings. The smallest absolute Gasteiger partial charge is 0.306 e. The second kappa shape index (κ2) is 6.34. The Labute approximate surface area is 124 Å². The number of aliphatic carboxylic acids is 1. The molecule has 7 heteroatoms. The summed E-state index contributed by atoms with van der Waals surface area (Å²) in [5.41, 5.74) is 1.28. The van der Waals surface area contributed by atoms with Gasteiger partial charge in [0.1, 0.15) is 0 Å². The molecule has 0 aliphatic heterocycles. The maximum atomic E-state index is 11.2. The molecule has 1 aliphatic rings. The van der Waals surface area contributed by atoms with Crippen LogP contribution in [0.5, 0.6) is 0 Å². The maximum Gasteiger partial charge on any atom is 0.306 e. The Hall–Kier alpha value is -1.76. The van der Waals surface area contributed by atoms with E-state index in [0.29, 0.717) is 12.1 Å². The highest BCUT2D eigenvalue weighted by Gasteiger charge is 2.26. The van der Waals surface area contributed by atoms with Crippen LogP contribution in [-0.4, -0.2) is 31.8 Å². The fraction of sp³-hybridized carbons (Fsp3) is 0.500. The van der Waals surface area contributed by atoms with Crippen molar-refractivity contribution >= 4 is 27.4 Å². The monoisotopic (exact) mass is 312 g/mol. The lowest BCUT2D eigenvalue weighted by molar-refractivity contribution is -0.142. The molecule has 21 heavy (non-hydrogen) atoms.